The Morgan fingerprint density at radius 1 is 1.15 bits per heavy atom. The number of carbonyl (C=O) groups excluding carboxylic acids is 1. The highest BCUT2D eigenvalue weighted by Gasteiger charge is 2.26. The first-order valence-electron chi connectivity index (χ1n) is 9.02. The van der Waals surface area contributed by atoms with Crippen molar-refractivity contribution >= 4 is 5.91 Å². The number of nitrogens with one attached hydrogen (secondary N) is 1. The predicted octanol–water partition coefficient (Wildman–Crippen LogP) is 3.80. The van der Waals surface area contributed by atoms with Crippen molar-refractivity contribution in [2.45, 2.75) is 25.7 Å². The van der Waals surface area contributed by atoms with Crippen LogP contribution in [0.5, 0.6) is 0 Å². The molecule has 2 aromatic heterocycles. The third-order valence-electron chi connectivity index (χ3n) is 5.13. The molecule has 26 heavy (non-hydrogen) atoms. The molecule has 0 aliphatic carbocycles. The molecular weight excluding hydrogens is 324 g/mol. The lowest BCUT2D eigenvalue weighted by Gasteiger charge is -2.32. The van der Waals surface area contributed by atoms with Gasteiger partial charge in [-0.3, -0.25) is 14.9 Å². The third-order valence-corrected chi connectivity index (χ3v) is 5.13. The zero-order chi connectivity index (χ0) is 17.9. The molecule has 1 atom stereocenters. The summed E-state index contributed by atoms with van der Waals surface area (Å²) in [5.41, 5.74) is 5.24. The van der Waals surface area contributed by atoms with Gasteiger partial charge in [-0.25, -0.2) is 0 Å². The molecule has 1 fully saturated rings. The first-order valence-corrected chi connectivity index (χ1v) is 9.02. The summed E-state index contributed by atoms with van der Waals surface area (Å²) in [6.07, 6.45) is 7.54. The molecule has 1 amide bonds. The van der Waals surface area contributed by atoms with Crippen LogP contribution in [0.2, 0.25) is 0 Å². The summed E-state index contributed by atoms with van der Waals surface area (Å²) in [6.45, 7) is 3.60. The summed E-state index contributed by atoms with van der Waals surface area (Å²) in [5, 5.41) is 7.08. The molecule has 1 aliphatic heterocycles. The number of benzene rings is 1. The van der Waals surface area contributed by atoms with Crippen molar-refractivity contribution in [2.75, 3.05) is 13.1 Å². The molecule has 0 spiro atoms. The fraction of sp³-hybridized carbons (Fsp3) is 0.286. The summed E-state index contributed by atoms with van der Waals surface area (Å²) in [5.74, 6) is 0.446. The summed E-state index contributed by atoms with van der Waals surface area (Å²) in [7, 11) is 0. The number of carbonyl (C=O) groups is 1. The molecule has 0 radical (unpaired) electrons. The maximum Gasteiger partial charge on any atom is 0.253 e. The van der Waals surface area contributed by atoms with Crippen LogP contribution >= 0.6 is 0 Å². The average Bonchev–Trinajstić information content (AvgIpc) is 3.23. The number of pyridine rings is 1. The van der Waals surface area contributed by atoms with Gasteiger partial charge in [-0.15, -0.1) is 0 Å². The number of hydrogen-bond donors (Lipinski definition) is 1. The minimum absolute atomic E-state index is 0.104. The first-order chi connectivity index (χ1) is 12.7. The monoisotopic (exact) mass is 346 g/mol. The Hall–Kier alpha value is -2.95. The fourth-order valence-electron chi connectivity index (χ4n) is 3.68. The Morgan fingerprint density at radius 2 is 2.00 bits per heavy atom. The Balaban J connectivity index is 1.50. The van der Waals surface area contributed by atoms with Crippen molar-refractivity contribution in [1.29, 1.82) is 0 Å². The lowest BCUT2D eigenvalue weighted by molar-refractivity contribution is 0.0706. The van der Waals surface area contributed by atoms with E-state index in [4.69, 9.17) is 0 Å². The van der Waals surface area contributed by atoms with E-state index in [0.29, 0.717) is 5.92 Å². The second kappa shape index (κ2) is 7.12. The van der Waals surface area contributed by atoms with Crippen molar-refractivity contribution < 1.29 is 4.79 Å². The molecule has 0 saturated carbocycles. The van der Waals surface area contributed by atoms with Gasteiger partial charge in [0.1, 0.15) is 0 Å². The maximum absolute atomic E-state index is 12.9. The standard InChI is InChI=1S/C21H22N4O/c1-15-13-22-10-8-19(15)16-4-6-17(7-5-16)21(26)25-12-2-3-18(14-25)20-9-11-23-24-20/h4-11,13,18H,2-3,12,14H2,1H3,(H,23,24)/t18-/m1/s1. The maximum atomic E-state index is 12.9. The topological polar surface area (TPSA) is 61.9 Å². The van der Waals surface area contributed by atoms with E-state index in [1.807, 2.05) is 54.4 Å². The summed E-state index contributed by atoms with van der Waals surface area (Å²) in [4.78, 5) is 19.0. The molecule has 3 aromatic rings. The summed E-state index contributed by atoms with van der Waals surface area (Å²) in [6, 6.07) is 11.9. The highest BCUT2D eigenvalue weighted by Crippen LogP contribution is 2.27. The largest absolute Gasteiger partial charge is 0.338 e. The van der Waals surface area contributed by atoms with Crippen LogP contribution < -0.4 is 0 Å². The van der Waals surface area contributed by atoms with E-state index in [-0.39, 0.29) is 5.91 Å². The van der Waals surface area contributed by atoms with Gasteiger partial charge in [-0.1, -0.05) is 12.1 Å². The highest BCUT2D eigenvalue weighted by molar-refractivity contribution is 5.94. The lowest BCUT2D eigenvalue weighted by atomic mass is 9.94. The van der Waals surface area contributed by atoms with Gasteiger partial charge in [0.25, 0.3) is 5.91 Å². The van der Waals surface area contributed by atoms with Gasteiger partial charge in [-0.2, -0.15) is 5.10 Å². The van der Waals surface area contributed by atoms with Gasteiger partial charge in [0.2, 0.25) is 0 Å². The molecule has 1 N–H and O–H groups in total. The van der Waals surface area contributed by atoms with Crippen LogP contribution in [0.25, 0.3) is 11.1 Å². The molecule has 0 unspecified atom stereocenters. The number of aryl methyl sites for hydroxylation is 1. The second-order valence-corrected chi connectivity index (χ2v) is 6.87. The first kappa shape index (κ1) is 16.5. The zero-order valence-corrected chi connectivity index (χ0v) is 14.9. The Labute approximate surface area is 153 Å². The van der Waals surface area contributed by atoms with E-state index in [0.717, 1.165) is 53.9 Å². The van der Waals surface area contributed by atoms with Crippen LogP contribution in [-0.4, -0.2) is 39.1 Å². The van der Waals surface area contributed by atoms with Gasteiger partial charge in [0, 0.05) is 48.9 Å². The second-order valence-electron chi connectivity index (χ2n) is 6.87. The van der Waals surface area contributed by atoms with Crippen molar-refractivity contribution in [2.24, 2.45) is 0 Å². The van der Waals surface area contributed by atoms with Crippen molar-refractivity contribution in [1.82, 2.24) is 20.1 Å². The Bertz CT molecular complexity index is 887. The van der Waals surface area contributed by atoms with Gasteiger partial charge in [0.05, 0.1) is 0 Å². The van der Waals surface area contributed by atoms with Crippen LogP contribution in [0.1, 0.15) is 40.4 Å². The van der Waals surface area contributed by atoms with Gasteiger partial charge < -0.3 is 4.90 Å². The van der Waals surface area contributed by atoms with Crippen LogP contribution in [-0.2, 0) is 0 Å². The van der Waals surface area contributed by atoms with Crippen molar-refractivity contribution in [3.63, 3.8) is 0 Å². The van der Waals surface area contributed by atoms with Crippen LogP contribution in [0.4, 0.5) is 0 Å². The number of piperidine rings is 1. The fourth-order valence-corrected chi connectivity index (χ4v) is 3.68. The Kier molecular flexibility index (Phi) is 4.52. The number of aromatic nitrogens is 3. The zero-order valence-electron chi connectivity index (χ0n) is 14.9. The molecular formula is C21H22N4O. The predicted molar refractivity (Wildman–Crippen MR) is 101 cm³/mol. The van der Waals surface area contributed by atoms with E-state index in [9.17, 15) is 4.79 Å². The van der Waals surface area contributed by atoms with E-state index in [2.05, 4.69) is 15.2 Å². The molecule has 5 nitrogen and oxygen atoms in total. The quantitative estimate of drug-likeness (QED) is 0.785. The van der Waals surface area contributed by atoms with Crippen LogP contribution in [0, 0.1) is 6.92 Å². The molecule has 1 aromatic carbocycles. The van der Waals surface area contributed by atoms with E-state index in [1.54, 1.807) is 12.4 Å². The third kappa shape index (κ3) is 3.25. The summed E-state index contributed by atoms with van der Waals surface area (Å²) < 4.78 is 0. The van der Waals surface area contributed by atoms with E-state index in [1.165, 1.54) is 0 Å². The number of nitrogens with zero attached hydrogens (tertiary/aromatic N) is 3. The molecule has 5 heteroatoms. The van der Waals surface area contributed by atoms with Gasteiger partial charge in [-0.05, 0) is 60.7 Å². The van der Waals surface area contributed by atoms with E-state index < -0.39 is 0 Å². The number of amides is 1. The minimum Gasteiger partial charge on any atom is -0.338 e. The number of rotatable bonds is 3. The van der Waals surface area contributed by atoms with Crippen molar-refractivity contribution in [3.8, 4) is 11.1 Å². The lowest BCUT2D eigenvalue weighted by Crippen LogP contribution is -2.39. The Morgan fingerprint density at radius 3 is 2.73 bits per heavy atom. The normalized spacial score (nSPS) is 17.3. The average molecular weight is 346 g/mol. The molecule has 4 rings (SSSR count). The number of aromatic amines is 1. The highest BCUT2D eigenvalue weighted by atomic mass is 16.2. The summed E-state index contributed by atoms with van der Waals surface area (Å²) >= 11 is 0. The number of H-pyrrole nitrogens is 1. The van der Waals surface area contributed by atoms with Gasteiger partial charge in [0.15, 0.2) is 0 Å². The molecule has 132 valence electrons. The van der Waals surface area contributed by atoms with Crippen molar-refractivity contribution in [3.05, 3.63) is 71.8 Å². The molecule has 1 saturated heterocycles. The smallest absolute Gasteiger partial charge is 0.253 e. The van der Waals surface area contributed by atoms with Crippen LogP contribution in [0.15, 0.2) is 55.0 Å². The molecule has 3 heterocycles. The number of likely N-dealkylation sites (tertiary alicyclic amines) is 1. The SMILES string of the molecule is Cc1cnccc1-c1ccc(C(=O)N2CCC[C@@H](c3ccn[nH]3)C2)cc1. The van der Waals surface area contributed by atoms with Crippen LogP contribution in [0.3, 0.4) is 0 Å². The molecule has 0 bridgehead atoms. The minimum atomic E-state index is 0.104. The van der Waals surface area contributed by atoms with E-state index >= 15 is 0 Å². The van der Waals surface area contributed by atoms with Gasteiger partial charge >= 0.3 is 0 Å². The number of hydrogen-bond acceptors (Lipinski definition) is 3. The molecule has 1 aliphatic rings.